The van der Waals surface area contributed by atoms with Crippen LogP contribution < -0.4 is 10.6 Å². The van der Waals surface area contributed by atoms with E-state index in [1.165, 1.54) is 0 Å². The van der Waals surface area contributed by atoms with Crippen LogP contribution in [0.3, 0.4) is 0 Å². The van der Waals surface area contributed by atoms with E-state index in [1.54, 1.807) is 0 Å². The van der Waals surface area contributed by atoms with Crippen molar-refractivity contribution in [2.45, 2.75) is 31.8 Å². The first-order valence-electron chi connectivity index (χ1n) is 8.36. The second-order valence-corrected chi connectivity index (χ2v) is 6.31. The molecule has 4 nitrogen and oxygen atoms in total. The van der Waals surface area contributed by atoms with Gasteiger partial charge >= 0.3 is 11.8 Å². The van der Waals surface area contributed by atoms with Gasteiger partial charge in [-0.1, -0.05) is 60.7 Å². The Balaban J connectivity index is 1.62. The minimum atomic E-state index is -0.590. The number of carbonyl (C=O) groups is 2. The zero-order chi connectivity index (χ0) is 16.9. The third-order valence-electron chi connectivity index (χ3n) is 4.39. The van der Waals surface area contributed by atoms with E-state index in [9.17, 15) is 9.59 Å². The normalized spacial score (nSPS) is 16.0. The minimum absolute atomic E-state index is 0.0866. The Hall–Kier alpha value is -2.62. The van der Waals surface area contributed by atoms with Gasteiger partial charge in [0.1, 0.15) is 0 Å². The molecule has 3 rings (SSSR count). The minimum Gasteiger partial charge on any atom is -0.341 e. The molecule has 0 bridgehead atoms. The quantitative estimate of drug-likeness (QED) is 0.831. The van der Waals surface area contributed by atoms with Crippen molar-refractivity contribution in [1.82, 2.24) is 10.6 Å². The molecule has 2 N–H and O–H groups in total. The van der Waals surface area contributed by atoms with E-state index < -0.39 is 11.8 Å². The van der Waals surface area contributed by atoms with Gasteiger partial charge in [0.15, 0.2) is 0 Å². The van der Waals surface area contributed by atoms with Crippen LogP contribution in [0.1, 0.15) is 43.0 Å². The lowest BCUT2D eigenvalue weighted by Gasteiger charge is -2.20. The number of carbonyl (C=O) groups excluding carboxylic acids is 2. The zero-order valence-electron chi connectivity index (χ0n) is 13.7. The molecule has 2 atom stereocenters. The maximum Gasteiger partial charge on any atom is 0.309 e. The largest absolute Gasteiger partial charge is 0.341 e. The molecule has 4 heteroatoms. The van der Waals surface area contributed by atoms with Gasteiger partial charge in [-0.3, -0.25) is 9.59 Å². The van der Waals surface area contributed by atoms with Crippen molar-refractivity contribution in [3.8, 4) is 0 Å². The summed E-state index contributed by atoms with van der Waals surface area (Å²) in [6.45, 7) is 1.87. The summed E-state index contributed by atoms with van der Waals surface area (Å²) in [5.74, 6) is -0.734. The summed E-state index contributed by atoms with van der Waals surface area (Å²) < 4.78 is 0. The van der Waals surface area contributed by atoms with Crippen molar-refractivity contribution in [3.05, 3.63) is 71.8 Å². The average molecular weight is 322 g/mol. The Labute approximate surface area is 142 Å². The van der Waals surface area contributed by atoms with Crippen LogP contribution in [0.2, 0.25) is 0 Å². The van der Waals surface area contributed by atoms with Crippen LogP contribution in [-0.2, 0) is 9.59 Å². The lowest BCUT2D eigenvalue weighted by Crippen LogP contribution is -2.42. The van der Waals surface area contributed by atoms with Crippen molar-refractivity contribution in [2.24, 2.45) is 5.92 Å². The van der Waals surface area contributed by atoms with Crippen LogP contribution in [0, 0.1) is 5.92 Å². The molecular weight excluding hydrogens is 300 g/mol. The first-order valence-corrected chi connectivity index (χ1v) is 8.36. The Morgan fingerprint density at radius 1 is 0.833 bits per heavy atom. The number of nitrogens with one attached hydrogen (secondary N) is 2. The van der Waals surface area contributed by atoms with Gasteiger partial charge in [0, 0.05) is 0 Å². The molecule has 2 aromatic carbocycles. The molecule has 0 heterocycles. The van der Waals surface area contributed by atoms with Crippen LogP contribution in [0.15, 0.2) is 60.7 Å². The summed E-state index contributed by atoms with van der Waals surface area (Å²) in [7, 11) is 0. The molecule has 124 valence electrons. The van der Waals surface area contributed by atoms with Crippen LogP contribution in [0.25, 0.3) is 0 Å². The van der Waals surface area contributed by atoms with Crippen LogP contribution in [0.5, 0.6) is 0 Å². The van der Waals surface area contributed by atoms with Gasteiger partial charge in [-0.15, -0.1) is 0 Å². The van der Waals surface area contributed by atoms with E-state index in [1.807, 2.05) is 67.6 Å². The highest BCUT2D eigenvalue weighted by Crippen LogP contribution is 2.40. The summed E-state index contributed by atoms with van der Waals surface area (Å²) in [5, 5.41) is 5.66. The van der Waals surface area contributed by atoms with Crippen molar-refractivity contribution in [1.29, 1.82) is 0 Å². The maximum atomic E-state index is 12.3. The van der Waals surface area contributed by atoms with Gasteiger partial charge in [-0.05, 0) is 36.8 Å². The lowest BCUT2D eigenvalue weighted by atomic mass is 10.0. The predicted octanol–water partition coefficient (Wildman–Crippen LogP) is 3.13. The summed E-state index contributed by atoms with van der Waals surface area (Å²) in [5.41, 5.74) is 2.03. The molecule has 0 spiro atoms. The standard InChI is InChI=1S/C20H22N2O2/c1-14(15-8-4-2-5-9-15)21-19(23)20(24)22-18(17-12-13-17)16-10-6-3-7-11-16/h2-11,14,17-18H,12-13H2,1H3,(H,21,23)(H,22,24)/t14-,18-/m0/s1. The number of benzene rings is 2. The lowest BCUT2D eigenvalue weighted by molar-refractivity contribution is -0.140. The molecule has 1 aliphatic carbocycles. The molecule has 1 fully saturated rings. The zero-order valence-corrected chi connectivity index (χ0v) is 13.7. The topological polar surface area (TPSA) is 58.2 Å². The van der Waals surface area contributed by atoms with Crippen LogP contribution in [0.4, 0.5) is 0 Å². The second-order valence-electron chi connectivity index (χ2n) is 6.31. The molecular formula is C20H22N2O2. The fourth-order valence-electron chi connectivity index (χ4n) is 2.86. The fraction of sp³-hybridized carbons (Fsp3) is 0.300. The van der Waals surface area contributed by atoms with Gasteiger partial charge in [-0.25, -0.2) is 0 Å². The Bertz CT molecular complexity index is 696. The van der Waals surface area contributed by atoms with Crippen molar-refractivity contribution >= 4 is 11.8 Å². The Kier molecular flexibility index (Phi) is 4.94. The Morgan fingerprint density at radius 2 is 1.33 bits per heavy atom. The van der Waals surface area contributed by atoms with Crippen LogP contribution >= 0.6 is 0 Å². The number of hydrogen-bond acceptors (Lipinski definition) is 2. The smallest absolute Gasteiger partial charge is 0.309 e. The van der Waals surface area contributed by atoms with Gasteiger partial charge in [-0.2, -0.15) is 0 Å². The summed E-state index contributed by atoms with van der Waals surface area (Å²) >= 11 is 0. The summed E-state index contributed by atoms with van der Waals surface area (Å²) in [6, 6.07) is 19.2. The highest BCUT2D eigenvalue weighted by molar-refractivity contribution is 6.35. The summed E-state index contributed by atoms with van der Waals surface area (Å²) in [4.78, 5) is 24.5. The molecule has 2 amide bonds. The fourth-order valence-corrected chi connectivity index (χ4v) is 2.86. The monoisotopic (exact) mass is 322 g/mol. The predicted molar refractivity (Wildman–Crippen MR) is 93.0 cm³/mol. The van der Waals surface area contributed by atoms with E-state index in [4.69, 9.17) is 0 Å². The van der Waals surface area contributed by atoms with Crippen molar-refractivity contribution in [2.75, 3.05) is 0 Å². The van der Waals surface area contributed by atoms with E-state index in [-0.39, 0.29) is 12.1 Å². The molecule has 1 aliphatic rings. The Morgan fingerprint density at radius 3 is 1.88 bits per heavy atom. The average Bonchev–Trinajstić information content (AvgIpc) is 3.45. The molecule has 2 aromatic rings. The van der Waals surface area contributed by atoms with Crippen LogP contribution in [-0.4, -0.2) is 11.8 Å². The van der Waals surface area contributed by atoms with Gasteiger partial charge in [0.2, 0.25) is 0 Å². The third kappa shape index (κ3) is 4.02. The number of rotatable bonds is 5. The summed E-state index contributed by atoms with van der Waals surface area (Å²) in [6.07, 6.45) is 2.17. The third-order valence-corrected chi connectivity index (χ3v) is 4.39. The van der Waals surface area contributed by atoms with E-state index in [0.29, 0.717) is 5.92 Å². The molecule has 0 aliphatic heterocycles. The highest BCUT2D eigenvalue weighted by atomic mass is 16.2. The SMILES string of the molecule is C[C@H](NC(=O)C(=O)N[C@@H](c1ccccc1)C1CC1)c1ccccc1. The van der Waals surface area contributed by atoms with E-state index in [2.05, 4.69) is 10.6 Å². The highest BCUT2D eigenvalue weighted by Gasteiger charge is 2.34. The maximum absolute atomic E-state index is 12.3. The van der Waals surface area contributed by atoms with Gasteiger partial charge in [0.05, 0.1) is 12.1 Å². The molecule has 24 heavy (non-hydrogen) atoms. The van der Waals surface area contributed by atoms with E-state index in [0.717, 1.165) is 24.0 Å². The van der Waals surface area contributed by atoms with Gasteiger partial charge in [0.25, 0.3) is 0 Å². The first kappa shape index (κ1) is 16.2. The number of hydrogen-bond donors (Lipinski definition) is 2. The van der Waals surface area contributed by atoms with E-state index >= 15 is 0 Å². The molecule has 1 saturated carbocycles. The van der Waals surface area contributed by atoms with Crippen molar-refractivity contribution in [3.63, 3.8) is 0 Å². The first-order chi connectivity index (χ1) is 11.6. The molecule has 0 aromatic heterocycles. The molecule has 0 unspecified atom stereocenters. The molecule has 0 radical (unpaired) electrons. The number of amides is 2. The van der Waals surface area contributed by atoms with Crippen molar-refractivity contribution < 1.29 is 9.59 Å². The second kappa shape index (κ2) is 7.30. The molecule has 0 saturated heterocycles. The van der Waals surface area contributed by atoms with Gasteiger partial charge < -0.3 is 10.6 Å².